The molecule has 0 aliphatic rings. The van der Waals surface area contributed by atoms with Crippen LogP contribution in [0.5, 0.6) is 17.2 Å². The molecule has 0 spiro atoms. The third-order valence-electron chi connectivity index (χ3n) is 4.85. The average Bonchev–Trinajstić information content (AvgIpc) is 2.89. The Morgan fingerprint density at radius 2 is 1.67 bits per heavy atom. The van der Waals surface area contributed by atoms with E-state index in [2.05, 4.69) is 15.8 Å². The minimum Gasteiger partial charge on any atom is -0.502 e. The molecule has 36 heavy (non-hydrogen) atoms. The first-order valence-corrected chi connectivity index (χ1v) is 10.4. The molecule has 0 fully saturated rings. The lowest BCUT2D eigenvalue weighted by atomic mass is 10.1. The van der Waals surface area contributed by atoms with Crippen molar-refractivity contribution in [3.8, 4) is 17.2 Å². The van der Waals surface area contributed by atoms with Gasteiger partial charge in [0.25, 0.3) is 11.8 Å². The van der Waals surface area contributed by atoms with E-state index < -0.39 is 28.2 Å². The highest BCUT2D eigenvalue weighted by molar-refractivity contribution is 6.05. The second-order valence-electron chi connectivity index (χ2n) is 7.19. The first-order chi connectivity index (χ1) is 17.3. The molecule has 3 rings (SSSR count). The molecule has 184 valence electrons. The van der Waals surface area contributed by atoms with Gasteiger partial charge >= 0.3 is 5.69 Å². The van der Waals surface area contributed by atoms with Crippen molar-refractivity contribution in [1.29, 1.82) is 0 Å². The smallest absolute Gasteiger partial charge is 0.315 e. The summed E-state index contributed by atoms with van der Waals surface area (Å²) in [5.74, 6) is -1.21. The van der Waals surface area contributed by atoms with Crippen LogP contribution in [0.3, 0.4) is 0 Å². The zero-order valence-electron chi connectivity index (χ0n) is 19.3. The van der Waals surface area contributed by atoms with Gasteiger partial charge in [-0.05, 0) is 42.0 Å². The Bertz CT molecular complexity index is 1320. The summed E-state index contributed by atoms with van der Waals surface area (Å²) in [4.78, 5) is 35.9. The van der Waals surface area contributed by atoms with Crippen LogP contribution in [0.25, 0.3) is 6.08 Å². The summed E-state index contributed by atoms with van der Waals surface area (Å²) in [6.45, 7) is 0. The molecule has 0 saturated carbocycles. The number of phenolic OH excluding ortho intramolecular Hbond substituents is 1. The van der Waals surface area contributed by atoms with Gasteiger partial charge < -0.3 is 19.9 Å². The van der Waals surface area contributed by atoms with Crippen LogP contribution in [0, 0.1) is 10.1 Å². The number of carbonyl (C=O) groups excluding carboxylic acids is 2. The average molecular weight is 490 g/mol. The van der Waals surface area contributed by atoms with E-state index in [9.17, 15) is 24.8 Å². The molecule has 0 radical (unpaired) electrons. The number of rotatable bonds is 9. The number of nitro benzene ring substituents is 1. The molecule has 3 aromatic rings. The van der Waals surface area contributed by atoms with Gasteiger partial charge in [0.1, 0.15) is 17.2 Å². The van der Waals surface area contributed by atoms with E-state index in [0.717, 1.165) is 12.3 Å². The Balaban J connectivity index is 1.86. The van der Waals surface area contributed by atoms with Crippen molar-refractivity contribution in [2.75, 3.05) is 14.2 Å². The van der Waals surface area contributed by atoms with Crippen LogP contribution in [-0.4, -0.2) is 42.3 Å². The van der Waals surface area contributed by atoms with E-state index in [1.807, 2.05) is 0 Å². The van der Waals surface area contributed by atoms with E-state index in [4.69, 9.17) is 9.47 Å². The topological polar surface area (TPSA) is 152 Å². The number of methoxy groups -OCH3 is 2. The maximum Gasteiger partial charge on any atom is 0.315 e. The molecular weight excluding hydrogens is 468 g/mol. The molecule has 0 saturated heterocycles. The van der Waals surface area contributed by atoms with Gasteiger partial charge in [-0.3, -0.25) is 19.7 Å². The highest BCUT2D eigenvalue weighted by Crippen LogP contribution is 2.33. The summed E-state index contributed by atoms with van der Waals surface area (Å²) in [6.07, 6.45) is 2.46. The fourth-order valence-electron chi connectivity index (χ4n) is 3.00. The van der Waals surface area contributed by atoms with Crippen molar-refractivity contribution in [3.63, 3.8) is 0 Å². The second kappa shape index (κ2) is 11.8. The summed E-state index contributed by atoms with van der Waals surface area (Å²) in [5, 5.41) is 27.7. The van der Waals surface area contributed by atoms with E-state index in [0.29, 0.717) is 16.9 Å². The van der Waals surface area contributed by atoms with Crippen LogP contribution in [0.2, 0.25) is 0 Å². The molecule has 0 aliphatic heterocycles. The van der Waals surface area contributed by atoms with Gasteiger partial charge in [-0.1, -0.05) is 30.3 Å². The number of hydrogen-bond acceptors (Lipinski definition) is 8. The van der Waals surface area contributed by atoms with Crippen molar-refractivity contribution in [2.45, 2.75) is 0 Å². The number of carbonyl (C=O) groups is 2. The normalized spacial score (nSPS) is 11.1. The summed E-state index contributed by atoms with van der Waals surface area (Å²) < 4.78 is 10.1. The number of amides is 2. The Hall–Kier alpha value is -5.19. The van der Waals surface area contributed by atoms with Crippen molar-refractivity contribution in [1.82, 2.24) is 10.7 Å². The van der Waals surface area contributed by atoms with E-state index in [1.165, 1.54) is 26.4 Å². The fourth-order valence-corrected chi connectivity index (χ4v) is 3.00. The predicted molar refractivity (Wildman–Crippen MR) is 132 cm³/mol. The first kappa shape index (κ1) is 25.4. The number of hydrogen-bond donors (Lipinski definition) is 3. The van der Waals surface area contributed by atoms with Gasteiger partial charge in [-0.15, -0.1) is 0 Å². The Kier molecular flexibility index (Phi) is 8.33. The largest absolute Gasteiger partial charge is 0.502 e. The number of nitro groups is 1. The summed E-state index contributed by atoms with van der Waals surface area (Å²) in [6, 6.07) is 17.4. The SMILES string of the molecule is COc1ccc(/C=C(\NC(=O)c2ccccc2)C(=O)N/N=C\c2cc(OC)cc([N+](=O)[O-])c2O)cc1. The zero-order chi connectivity index (χ0) is 26.1. The van der Waals surface area contributed by atoms with Crippen LogP contribution in [0.1, 0.15) is 21.5 Å². The van der Waals surface area contributed by atoms with E-state index >= 15 is 0 Å². The number of hydrazone groups is 1. The van der Waals surface area contributed by atoms with Crippen LogP contribution >= 0.6 is 0 Å². The molecule has 0 bridgehead atoms. The van der Waals surface area contributed by atoms with Crippen molar-refractivity contribution in [2.24, 2.45) is 5.10 Å². The molecule has 0 heterocycles. The Morgan fingerprint density at radius 1 is 1.00 bits per heavy atom. The summed E-state index contributed by atoms with van der Waals surface area (Å²) >= 11 is 0. The van der Waals surface area contributed by atoms with Gasteiger partial charge in [0, 0.05) is 11.1 Å². The van der Waals surface area contributed by atoms with Crippen LogP contribution < -0.4 is 20.2 Å². The van der Waals surface area contributed by atoms with Gasteiger partial charge in [-0.25, -0.2) is 5.43 Å². The van der Waals surface area contributed by atoms with Gasteiger partial charge in [0.2, 0.25) is 5.75 Å². The first-order valence-electron chi connectivity index (χ1n) is 10.4. The predicted octanol–water partition coefficient (Wildman–Crippen LogP) is 3.24. The molecule has 11 nitrogen and oxygen atoms in total. The Labute approximate surface area is 205 Å². The van der Waals surface area contributed by atoms with Crippen LogP contribution in [0.4, 0.5) is 5.69 Å². The quantitative estimate of drug-likeness (QED) is 0.180. The molecule has 3 N–H and O–H groups in total. The van der Waals surface area contributed by atoms with Gasteiger partial charge in [0.05, 0.1) is 31.4 Å². The lowest BCUT2D eigenvalue weighted by Gasteiger charge is -2.10. The number of nitrogens with zero attached hydrogens (tertiary/aromatic N) is 2. The number of ether oxygens (including phenoxy) is 2. The standard InChI is InChI=1S/C25H22N4O7/c1-35-19-10-8-16(9-11-19)12-21(27-24(31)17-6-4-3-5-7-17)25(32)28-26-15-18-13-20(36-2)14-22(23(18)30)29(33)34/h3-15,30H,1-2H3,(H,27,31)(H,28,32)/b21-12-,26-15-. The third kappa shape index (κ3) is 6.44. The van der Waals surface area contributed by atoms with Crippen LogP contribution in [0.15, 0.2) is 77.5 Å². The van der Waals surface area contributed by atoms with Crippen LogP contribution in [-0.2, 0) is 4.79 Å². The Morgan fingerprint density at radius 3 is 2.28 bits per heavy atom. The molecule has 0 aliphatic carbocycles. The maximum atomic E-state index is 12.9. The number of benzene rings is 3. The second-order valence-corrected chi connectivity index (χ2v) is 7.19. The highest BCUT2D eigenvalue weighted by atomic mass is 16.6. The maximum absolute atomic E-state index is 12.9. The molecule has 11 heteroatoms. The molecule has 0 atom stereocenters. The third-order valence-corrected chi connectivity index (χ3v) is 4.85. The van der Waals surface area contributed by atoms with E-state index in [1.54, 1.807) is 54.6 Å². The number of aromatic hydroxyl groups is 1. The lowest BCUT2D eigenvalue weighted by molar-refractivity contribution is -0.385. The molecule has 2 amide bonds. The monoisotopic (exact) mass is 490 g/mol. The zero-order valence-corrected chi connectivity index (χ0v) is 19.3. The fraction of sp³-hybridized carbons (Fsp3) is 0.0800. The summed E-state index contributed by atoms with van der Waals surface area (Å²) in [5.41, 5.74) is 2.41. The lowest BCUT2D eigenvalue weighted by Crippen LogP contribution is -2.32. The van der Waals surface area contributed by atoms with E-state index in [-0.39, 0.29) is 17.0 Å². The minimum absolute atomic E-state index is 0.0599. The number of phenols is 1. The number of nitrogens with one attached hydrogen (secondary N) is 2. The molecule has 3 aromatic carbocycles. The van der Waals surface area contributed by atoms with Crippen molar-refractivity contribution < 1.29 is 29.1 Å². The minimum atomic E-state index is -0.775. The highest BCUT2D eigenvalue weighted by Gasteiger charge is 2.19. The van der Waals surface area contributed by atoms with Gasteiger partial charge in [-0.2, -0.15) is 5.10 Å². The molecule has 0 unspecified atom stereocenters. The van der Waals surface area contributed by atoms with Crippen molar-refractivity contribution in [3.05, 3.63) is 99.2 Å². The van der Waals surface area contributed by atoms with Gasteiger partial charge in [0.15, 0.2) is 0 Å². The molecular formula is C25H22N4O7. The van der Waals surface area contributed by atoms with Crippen molar-refractivity contribution >= 4 is 29.8 Å². The molecule has 0 aromatic heterocycles. The summed E-state index contributed by atoms with van der Waals surface area (Å²) in [7, 11) is 2.83.